The molecule has 0 bridgehead atoms. The maximum Gasteiger partial charge on any atom is 0.269 e. The van der Waals surface area contributed by atoms with Crippen LogP contribution >= 0.6 is 35.6 Å². The summed E-state index contributed by atoms with van der Waals surface area (Å²) in [5.74, 6) is -3.10. The van der Waals surface area contributed by atoms with Crippen molar-refractivity contribution in [3.8, 4) is 0 Å². The molecule has 2 aromatic carbocycles. The van der Waals surface area contributed by atoms with Gasteiger partial charge in [-0.2, -0.15) is 5.10 Å². The quantitative estimate of drug-likeness (QED) is 0.152. The van der Waals surface area contributed by atoms with E-state index in [0.29, 0.717) is 15.6 Å². The molecule has 1 atom stereocenters. The molecule has 13 heteroatoms. The fraction of sp³-hybridized carbons (Fsp3) is 0.105. The molecule has 3 rings (SSSR count). The summed E-state index contributed by atoms with van der Waals surface area (Å²) in [5.41, 5.74) is 2.62. The average Bonchev–Trinajstić information content (AvgIpc) is 2.76. The Hall–Kier alpha value is -3.35. The van der Waals surface area contributed by atoms with Crippen molar-refractivity contribution in [2.24, 2.45) is 11.0 Å². The minimum Gasteiger partial charge on any atom is -0.301 e. The zero-order valence-electron chi connectivity index (χ0n) is 16.1. The highest BCUT2D eigenvalue weighted by Gasteiger charge is 2.38. The number of hydrazone groups is 1. The molecule has 10 nitrogen and oxygen atoms in total. The second-order valence-electron chi connectivity index (χ2n) is 6.27. The van der Waals surface area contributed by atoms with E-state index in [1.807, 2.05) is 0 Å². The SMILES string of the molecule is O=C(CSc1ccc([N+](=O)[O-])cc1)N/N=C\[C@H]1C(=O)NC(=S)N(c2ccc(Cl)cc2)C1=O. The minimum absolute atomic E-state index is 0.0268. The van der Waals surface area contributed by atoms with E-state index in [4.69, 9.17) is 23.8 Å². The second kappa shape index (κ2) is 10.3. The summed E-state index contributed by atoms with van der Waals surface area (Å²) >= 11 is 12.1. The van der Waals surface area contributed by atoms with Gasteiger partial charge in [0.15, 0.2) is 11.0 Å². The highest BCUT2D eigenvalue weighted by Crippen LogP contribution is 2.23. The van der Waals surface area contributed by atoms with E-state index >= 15 is 0 Å². The number of nitrogens with one attached hydrogen (secondary N) is 2. The first-order chi connectivity index (χ1) is 15.3. The summed E-state index contributed by atoms with van der Waals surface area (Å²) in [6.45, 7) is 0. The number of amides is 3. The van der Waals surface area contributed by atoms with Gasteiger partial charge in [-0.3, -0.25) is 29.4 Å². The molecule has 2 aromatic rings. The molecule has 0 aliphatic carbocycles. The van der Waals surface area contributed by atoms with Gasteiger partial charge in [0.05, 0.1) is 16.4 Å². The Morgan fingerprint density at radius 3 is 2.53 bits per heavy atom. The molecule has 1 saturated heterocycles. The lowest BCUT2D eigenvalue weighted by atomic mass is 10.1. The number of hydrogen-bond acceptors (Lipinski definition) is 8. The standard InChI is InChI=1S/C19H14ClN5O5S2/c20-11-1-3-12(4-2-11)24-18(28)15(17(27)22-19(24)31)9-21-23-16(26)10-32-14-7-5-13(6-8-14)25(29)30/h1-9,15H,10H2,(H,23,26)(H,22,27,31)/b21-9-/t15-/m0/s1. The molecule has 1 aliphatic rings. The smallest absolute Gasteiger partial charge is 0.269 e. The third-order valence-electron chi connectivity index (χ3n) is 4.12. The number of halogens is 1. The first kappa shape index (κ1) is 23.3. The summed E-state index contributed by atoms with van der Waals surface area (Å²) in [4.78, 5) is 48.9. The fourth-order valence-electron chi connectivity index (χ4n) is 2.59. The lowest BCUT2D eigenvalue weighted by molar-refractivity contribution is -0.384. The van der Waals surface area contributed by atoms with Crippen molar-refractivity contribution in [3.05, 3.63) is 63.7 Å². The van der Waals surface area contributed by atoms with Crippen molar-refractivity contribution in [2.75, 3.05) is 10.7 Å². The predicted molar refractivity (Wildman–Crippen MR) is 124 cm³/mol. The van der Waals surface area contributed by atoms with Crippen LogP contribution in [-0.2, 0) is 14.4 Å². The summed E-state index contributed by atoms with van der Waals surface area (Å²) < 4.78 is 0. The maximum atomic E-state index is 12.8. The number of benzene rings is 2. The van der Waals surface area contributed by atoms with Gasteiger partial charge in [-0.05, 0) is 48.6 Å². The molecular weight excluding hydrogens is 478 g/mol. The van der Waals surface area contributed by atoms with Crippen LogP contribution in [0.4, 0.5) is 11.4 Å². The highest BCUT2D eigenvalue weighted by molar-refractivity contribution is 8.00. The number of nitro groups is 1. The van der Waals surface area contributed by atoms with Gasteiger partial charge in [0.1, 0.15) is 0 Å². The fourth-order valence-corrected chi connectivity index (χ4v) is 3.70. The first-order valence-electron chi connectivity index (χ1n) is 8.90. The Labute approximate surface area is 196 Å². The van der Waals surface area contributed by atoms with Crippen molar-refractivity contribution >= 4 is 76.0 Å². The molecule has 0 saturated carbocycles. The Balaban J connectivity index is 1.58. The molecule has 1 aliphatic heterocycles. The molecule has 3 amide bonds. The van der Waals surface area contributed by atoms with Gasteiger partial charge in [-0.25, -0.2) is 5.43 Å². The van der Waals surface area contributed by atoms with Gasteiger partial charge in [-0.15, -0.1) is 11.8 Å². The average molecular weight is 492 g/mol. The van der Waals surface area contributed by atoms with E-state index in [2.05, 4.69) is 15.8 Å². The molecule has 0 radical (unpaired) electrons. The van der Waals surface area contributed by atoms with Gasteiger partial charge in [0, 0.05) is 28.3 Å². The van der Waals surface area contributed by atoms with Crippen LogP contribution in [0.5, 0.6) is 0 Å². The van der Waals surface area contributed by atoms with Crippen LogP contribution in [0.25, 0.3) is 0 Å². The van der Waals surface area contributed by atoms with Gasteiger partial charge in [0.25, 0.3) is 11.6 Å². The van der Waals surface area contributed by atoms with Crippen LogP contribution < -0.4 is 15.6 Å². The Morgan fingerprint density at radius 1 is 1.25 bits per heavy atom. The normalized spacial score (nSPS) is 16.2. The summed E-state index contributed by atoms with van der Waals surface area (Å²) in [5, 5.41) is 17.2. The summed E-state index contributed by atoms with van der Waals surface area (Å²) in [6, 6.07) is 12.0. The molecule has 2 N–H and O–H groups in total. The van der Waals surface area contributed by atoms with Crippen molar-refractivity contribution in [3.63, 3.8) is 0 Å². The van der Waals surface area contributed by atoms with Gasteiger partial charge < -0.3 is 5.32 Å². The van der Waals surface area contributed by atoms with Gasteiger partial charge in [-0.1, -0.05) is 11.6 Å². The topological polar surface area (TPSA) is 134 Å². The zero-order valence-corrected chi connectivity index (χ0v) is 18.4. The third kappa shape index (κ3) is 5.66. The molecule has 1 heterocycles. The molecular formula is C19H14ClN5O5S2. The molecule has 164 valence electrons. The van der Waals surface area contributed by atoms with E-state index in [0.717, 1.165) is 22.9 Å². The predicted octanol–water partition coefficient (Wildman–Crippen LogP) is 2.51. The number of anilines is 1. The maximum absolute atomic E-state index is 12.8. The largest absolute Gasteiger partial charge is 0.301 e. The molecule has 0 spiro atoms. The van der Waals surface area contributed by atoms with Crippen LogP contribution in [-0.4, -0.2) is 39.7 Å². The zero-order chi connectivity index (χ0) is 23.3. The van der Waals surface area contributed by atoms with Crippen molar-refractivity contribution in [1.29, 1.82) is 0 Å². The summed E-state index contributed by atoms with van der Waals surface area (Å²) in [6.07, 6.45) is 1.02. The van der Waals surface area contributed by atoms with Crippen LogP contribution in [0.15, 0.2) is 58.5 Å². The van der Waals surface area contributed by atoms with Crippen LogP contribution in [0, 0.1) is 16.0 Å². The number of rotatable bonds is 7. The first-order valence-corrected chi connectivity index (χ1v) is 10.7. The number of carbonyl (C=O) groups is 3. The molecule has 0 unspecified atom stereocenters. The van der Waals surface area contributed by atoms with Gasteiger partial charge in [0.2, 0.25) is 11.8 Å². The lowest BCUT2D eigenvalue weighted by Crippen LogP contribution is -2.58. The van der Waals surface area contributed by atoms with Crippen LogP contribution in [0.3, 0.4) is 0 Å². The number of thiocarbonyl (C=S) groups is 1. The lowest BCUT2D eigenvalue weighted by Gasteiger charge is -2.30. The Kier molecular flexibility index (Phi) is 7.51. The van der Waals surface area contributed by atoms with Crippen LogP contribution in [0.1, 0.15) is 0 Å². The monoisotopic (exact) mass is 491 g/mol. The number of nitro benzene ring substituents is 1. The molecule has 32 heavy (non-hydrogen) atoms. The van der Waals surface area contributed by atoms with E-state index in [1.165, 1.54) is 24.3 Å². The number of thioether (sulfide) groups is 1. The minimum atomic E-state index is -1.29. The van der Waals surface area contributed by atoms with Crippen molar-refractivity contribution in [1.82, 2.24) is 10.7 Å². The number of hydrogen-bond donors (Lipinski definition) is 2. The van der Waals surface area contributed by atoms with Crippen molar-refractivity contribution in [2.45, 2.75) is 4.90 Å². The highest BCUT2D eigenvalue weighted by atomic mass is 35.5. The Bertz CT molecular complexity index is 1110. The number of carbonyl (C=O) groups excluding carboxylic acids is 3. The van der Waals surface area contributed by atoms with Crippen LogP contribution in [0.2, 0.25) is 5.02 Å². The van der Waals surface area contributed by atoms with Crippen molar-refractivity contribution < 1.29 is 19.3 Å². The van der Waals surface area contributed by atoms with Gasteiger partial charge >= 0.3 is 0 Å². The molecule has 1 fully saturated rings. The second-order valence-corrected chi connectivity index (χ2v) is 8.15. The summed E-state index contributed by atoms with van der Waals surface area (Å²) in [7, 11) is 0. The Morgan fingerprint density at radius 2 is 1.91 bits per heavy atom. The third-order valence-corrected chi connectivity index (χ3v) is 5.67. The van der Waals surface area contributed by atoms with E-state index in [1.54, 1.807) is 24.3 Å². The van der Waals surface area contributed by atoms with E-state index in [9.17, 15) is 24.5 Å². The number of non-ortho nitro benzene ring substituents is 1. The van der Waals surface area contributed by atoms with E-state index in [-0.39, 0.29) is 16.6 Å². The number of nitrogens with zero attached hydrogens (tertiary/aromatic N) is 3. The van der Waals surface area contributed by atoms with E-state index < -0.39 is 28.6 Å². The molecule has 0 aromatic heterocycles.